The summed E-state index contributed by atoms with van der Waals surface area (Å²) in [7, 11) is -2.98. The monoisotopic (exact) mass is 289 g/mol. The second kappa shape index (κ2) is 6.17. The van der Waals surface area contributed by atoms with Gasteiger partial charge in [0.25, 0.3) is 0 Å². The molecule has 3 N–H and O–H groups in total. The van der Waals surface area contributed by atoms with Crippen LogP contribution >= 0.6 is 7.82 Å². The molecule has 19 heavy (non-hydrogen) atoms. The molecular formula is C10H16N3O5P. The number of phosphoric acid groups is 1. The van der Waals surface area contributed by atoms with Gasteiger partial charge in [0.2, 0.25) is 5.91 Å². The first-order valence-corrected chi connectivity index (χ1v) is 7.04. The van der Waals surface area contributed by atoms with Gasteiger partial charge in [0.05, 0.1) is 6.61 Å². The number of phosphoric ester groups is 1. The van der Waals surface area contributed by atoms with Gasteiger partial charge in [-0.25, -0.2) is 4.57 Å². The fourth-order valence-electron chi connectivity index (χ4n) is 1.63. The number of carbonyl (C=O) groups excluding carboxylic acids is 1. The Kier molecular flexibility index (Phi) is 5.09. The zero-order valence-electron chi connectivity index (χ0n) is 10.4. The van der Waals surface area contributed by atoms with Gasteiger partial charge in [0.15, 0.2) is 5.96 Å². The second-order valence-electron chi connectivity index (χ2n) is 4.14. The van der Waals surface area contributed by atoms with Gasteiger partial charge in [-0.3, -0.25) is 19.6 Å². The van der Waals surface area contributed by atoms with Gasteiger partial charge in [-0.1, -0.05) is 0 Å². The predicted molar refractivity (Wildman–Crippen MR) is 67.0 cm³/mol. The highest BCUT2D eigenvalue weighted by Crippen LogP contribution is 2.35. The molecule has 0 bridgehead atoms. The van der Waals surface area contributed by atoms with E-state index < -0.39 is 7.82 Å². The topological polar surface area (TPSA) is 114 Å². The first-order valence-electron chi connectivity index (χ1n) is 5.51. The third-order valence-corrected chi connectivity index (χ3v) is 3.18. The zero-order chi connectivity index (χ0) is 14.6. The number of nitrogens with one attached hydrogen (secondary N) is 1. The Morgan fingerprint density at radius 2 is 2.37 bits per heavy atom. The molecule has 1 unspecified atom stereocenters. The van der Waals surface area contributed by atoms with Crippen molar-refractivity contribution in [3.63, 3.8) is 0 Å². The number of likely N-dealkylation sites (N-methyl/N-ethyl adjacent to an activating group) is 1. The SMILES string of the molecule is C#CC1CC(=O)N(C(=N)N(C)CCOP(=O)(O)O)C1. The van der Waals surface area contributed by atoms with Crippen molar-refractivity contribution < 1.29 is 23.7 Å². The van der Waals surface area contributed by atoms with E-state index in [-0.39, 0.29) is 43.9 Å². The summed E-state index contributed by atoms with van der Waals surface area (Å²) < 4.78 is 14.8. The van der Waals surface area contributed by atoms with E-state index in [4.69, 9.17) is 21.6 Å². The van der Waals surface area contributed by atoms with E-state index in [1.54, 1.807) is 0 Å². The average molecular weight is 289 g/mol. The van der Waals surface area contributed by atoms with Gasteiger partial charge in [-0.15, -0.1) is 12.3 Å². The molecule has 0 aromatic heterocycles. The first-order chi connectivity index (χ1) is 8.74. The van der Waals surface area contributed by atoms with Gasteiger partial charge >= 0.3 is 7.82 Å². The van der Waals surface area contributed by atoms with Gasteiger partial charge in [-0.2, -0.15) is 0 Å². The van der Waals surface area contributed by atoms with Gasteiger partial charge in [0.1, 0.15) is 0 Å². The third kappa shape index (κ3) is 4.65. The number of terminal acetylenes is 1. The molecule has 1 saturated heterocycles. The zero-order valence-corrected chi connectivity index (χ0v) is 11.3. The number of likely N-dealkylation sites (tertiary alicyclic amines) is 1. The quantitative estimate of drug-likeness (QED) is 0.277. The van der Waals surface area contributed by atoms with Crippen LogP contribution in [0.15, 0.2) is 0 Å². The largest absolute Gasteiger partial charge is 0.469 e. The molecule has 0 aliphatic carbocycles. The first kappa shape index (κ1) is 15.7. The summed E-state index contributed by atoms with van der Waals surface area (Å²) in [6.45, 7) is 0.121. The van der Waals surface area contributed by atoms with Crippen molar-refractivity contribution in [2.45, 2.75) is 6.42 Å². The summed E-state index contributed by atoms with van der Waals surface area (Å²) in [5.74, 6) is 1.99. The van der Waals surface area contributed by atoms with Crippen LogP contribution in [0, 0.1) is 23.7 Å². The molecule has 1 heterocycles. The van der Waals surface area contributed by atoms with E-state index in [0.717, 1.165) is 0 Å². The van der Waals surface area contributed by atoms with Crippen LogP contribution in [-0.2, 0) is 13.9 Å². The lowest BCUT2D eigenvalue weighted by Crippen LogP contribution is -2.43. The van der Waals surface area contributed by atoms with Crippen molar-refractivity contribution in [1.29, 1.82) is 5.41 Å². The Balaban J connectivity index is 2.47. The van der Waals surface area contributed by atoms with Crippen LogP contribution in [0.4, 0.5) is 0 Å². The van der Waals surface area contributed by atoms with Crippen LogP contribution in [0.5, 0.6) is 0 Å². The molecule has 106 valence electrons. The standard InChI is InChI=1S/C10H16N3O5P/c1-3-8-6-9(14)13(7-8)10(11)12(2)4-5-18-19(15,16)17/h1,8,11H,4-7H2,2H3,(H2,15,16,17). The molecule has 0 radical (unpaired) electrons. The van der Waals surface area contributed by atoms with E-state index in [0.29, 0.717) is 0 Å². The minimum Gasteiger partial charge on any atom is -0.343 e. The fourth-order valence-corrected chi connectivity index (χ4v) is 1.95. The molecule has 9 heteroatoms. The lowest BCUT2D eigenvalue weighted by molar-refractivity contribution is -0.124. The molecule has 1 aliphatic rings. The summed E-state index contributed by atoms with van der Waals surface area (Å²) in [5, 5.41) is 7.83. The molecule has 0 aromatic carbocycles. The molecule has 1 atom stereocenters. The maximum atomic E-state index is 11.6. The Labute approximate surface area is 111 Å². The number of guanidine groups is 1. The number of hydrogen-bond acceptors (Lipinski definition) is 4. The highest BCUT2D eigenvalue weighted by atomic mass is 31.2. The second-order valence-corrected chi connectivity index (χ2v) is 5.38. The summed E-state index contributed by atoms with van der Waals surface area (Å²) in [5.41, 5.74) is 0. The minimum atomic E-state index is -4.51. The number of nitrogens with zero attached hydrogens (tertiary/aromatic N) is 2. The van der Waals surface area contributed by atoms with Crippen molar-refractivity contribution in [3.05, 3.63) is 0 Å². The molecule has 0 spiro atoms. The maximum absolute atomic E-state index is 11.6. The van der Waals surface area contributed by atoms with E-state index >= 15 is 0 Å². The molecule has 8 nitrogen and oxygen atoms in total. The van der Waals surface area contributed by atoms with E-state index in [9.17, 15) is 9.36 Å². The van der Waals surface area contributed by atoms with Crippen LogP contribution in [-0.4, -0.2) is 58.2 Å². The highest BCUT2D eigenvalue weighted by molar-refractivity contribution is 7.46. The maximum Gasteiger partial charge on any atom is 0.469 e. The summed E-state index contributed by atoms with van der Waals surface area (Å²) in [6, 6.07) is 0. The van der Waals surface area contributed by atoms with Crippen molar-refractivity contribution in [2.24, 2.45) is 5.92 Å². The van der Waals surface area contributed by atoms with Crippen LogP contribution < -0.4 is 0 Å². The van der Waals surface area contributed by atoms with Crippen LogP contribution in [0.1, 0.15) is 6.42 Å². The Morgan fingerprint density at radius 1 is 1.74 bits per heavy atom. The van der Waals surface area contributed by atoms with Crippen molar-refractivity contribution in [1.82, 2.24) is 9.80 Å². The predicted octanol–water partition coefficient (Wildman–Crippen LogP) is -0.556. The fraction of sp³-hybridized carbons (Fsp3) is 0.600. The number of carbonyl (C=O) groups is 1. The van der Waals surface area contributed by atoms with Crippen LogP contribution in [0.3, 0.4) is 0 Å². The van der Waals surface area contributed by atoms with Crippen LogP contribution in [0.25, 0.3) is 0 Å². The molecule has 1 amide bonds. The van der Waals surface area contributed by atoms with Gasteiger partial charge < -0.3 is 14.7 Å². The number of hydrogen-bond donors (Lipinski definition) is 3. The van der Waals surface area contributed by atoms with Gasteiger partial charge in [-0.05, 0) is 0 Å². The normalized spacial score (nSPS) is 19.4. The lowest BCUT2D eigenvalue weighted by Gasteiger charge is -2.26. The summed E-state index contributed by atoms with van der Waals surface area (Å²) in [4.78, 5) is 31.3. The molecule has 1 fully saturated rings. The highest BCUT2D eigenvalue weighted by Gasteiger charge is 2.32. The third-order valence-electron chi connectivity index (χ3n) is 2.66. The molecule has 0 aromatic rings. The lowest BCUT2D eigenvalue weighted by atomic mass is 10.1. The molecular weight excluding hydrogens is 273 g/mol. The van der Waals surface area contributed by atoms with E-state index in [1.807, 2.05) is 0 Å². The van der Waals surface area contributed by atoms with Gasteiger partial charge in [0, 0.05) is 32.5 Å². The molecule has 0 saturated carbocycles. The van der Waals surface area contributed by atoms with Crippen molar-refractivity contribution in [2.75, 3.05) is 26.7 Å². The summed E-state index contributed by atoms with van der Waals surface area (Å²) >= 11 is 0. The number of rotatable bonds is 4. The summed E-state index contributed by atoms with van der Waals surface area (Å²) in [6.07, 6.45) is 5.46. The number of amides is 1. The van der Waals surface area contributed by atoms with Crippen molar-refractivity contribution in [3.8, 4) is 12.3 Å². The Hall–Kier alpha value is -1.39. The average Bonchev–Trinajstić information content (AvgIpc) is 2.67. The van der Waals surface area contributed by atoms with E-state index in [2.05, 4.69) is 10.4 Å². The van der Waals surface area contributed by atoms with Crippen LogP contribution in [0.2, 0.25) is 0 Å². The Morgan fingerprint density at radius 3 is 2.84 bits per heavy atom. The van der Waals surface area contributed by atoms with E-state index in [1.165, 1.54) is 16.8 Å². The smallest absolute Gasteiger partial charge is 0.343 e. The van der Waals surface area contributed by atoms with Crippen molar-refractivity contribution >= 4 is 19.7 Å². The Bertz CT molecular complexity index is 455. The molecule has 1 aliphatic heterocycles. The molecule has 1 rings (SSSR count). The minimum absolute atomic E-state index is 0.0583.